The Hall–Kier alpha value is -3.49. The van der Waals surface area contributed by atoms with Crippen LogP contribution >= 0.6 is 12.2 Å². The smallest absolute Gasteiger partial charge is 0.317 e. The molecule has 0 aliphatic carbocycles. The zero-order chi connectivity index (χ0) is 38.9. The molecular formula is C35H50LuN8O9S. The first-order chi connectivity index (χ1) is 25.2. The molecule has 19 heteroatoms. The van der Waals surface area contributed by atoms with Gasteiger partial charge in [-0.15, -0.1) is 0 Å². The zero-order valence-corrected chi connectivity index (χ0v) is 32.8. The molecule has 1 heterocycles. The molecule has 1 radical (unpaired) electrons. The number of hydrogen-bond donors (Lipinski definition) is 7. The second-order valence-corrected chi connectivity index (χ2v) is 13.5. The number of likely N-dealkylation sites (N-methyl/N-ethyl adjacent to an activating group) is 1. The average molecular weight is 936 g/mol. The number of hydrogen-bond acceptors (Lipinski definition) is 11. The molecule has 1 amide bonds. The van der Waals surface area contributed by atoms with Crippen LogP contribution in [0.15, 0.2) is 48.5 Å². The quantitative estimate of drug-likeness (QED) is 0.112. The summed E-state index contributed by atoms with van der Waals surface area (Å²) in [5.41, 5.74) is 2.73. The summed E-state index contributed by atoms with van der Waals surface area (Å²) in [5, 5.41) is 47.9. The topological polar surface area (TPSA) is 219 Å². The van der Waals surface area contributed by atoms with E-state index in [9.17, 15) is 44.4 Å². The molecule has 1 unspecified atom stereocenters. The molecule has 0 aromatic heterocycles. The number of carboxylic acid groups (broad SMARTS) is 4. The Morgan fingerprint density at radius 3 is 1.61 bits per heavy atom. The third-order valence-corrected chi connectivity index (χ3v) is 8.71. The summed E-state index contributed by atoms with van der Waals surface area (Å²) in [6.07, 6.45) is 0.346. The van der Waals surface area contributed by atoms with Gasteiger partial charge in [0.1, 0.15) is 0 Å². The van der Waals surface area contributed by atoms with Gasteiger partial charge in [0.2, 0.25) is 0 Å². The summed E-state index contributed by atoms with van der Waals surface area (Å²) >= 11 is 5.49. The predicted molar refractivity (Wildman–Crippen MR) is 203 cm³/mol. The Labute approximate surface area is 349 Å². The van der Waals surface area contributed by atoms with Crippen molar-refractivity contribution in [2.75, 3.05) is 110 Å². The van der Waals surface area contributed by atoms with Gasteiger partial charge in [-0.2, -0.15) is 0 Å². The number of rotatable bonds is 16. The molecular weight excluding hydrogens is 885 g/mol. The largest absolute Gasteiger partial charge is 0.480 e. The van der Waals surface area contributed by atoms with Gasteiger partial charge in [0, 0.05) is 119 Å². The van der Waals surface area contributed by atoms with E-state index in [0.29, 0.717) is 35.0 Å². The average Bonchev–Trinajstić information content (AvgIpc) is 3.06. The molecule has 54 heavy (non-hydrogen) atoms. The van der Waals surface area contributed by atoms with Gasteiger partial charge in [0.15, 0.2) is 5.11 Å². The van der Waals surface area contributed by atoms with Gasteiger partial charge in [-0.05, 0) is 74.7 Å². The Morgan fingerprint density at radius 2 is 1.13 bits per heavy atom. The maximum atomic E-state index is 12.4. The third kappa shape index (κ3) is 18.2. The van der Waals surface area contributed by atoms with E-state index >= 15 is 0 Å². The first-order valence-electron chi connectivity index (χ1n) is 17.1. The van der Waals surface area contributed by atoms with Crippen molar-refractivity contribution < 1.29 is 81.3 Å². The summed E-state index contributed by atoms with van der Waals surface area (Å²) in [5.74, 6) is -4.44. The summed E-state index contributed by atoms with van der Waals surface area (Å²) < 4.78 is 0. The Kier molecular flexibility index (Phi) is 20.8. The van der Waals surface area contributed by atoms with Crippen LogP contribution in [0.3, 0.4) is 0 Å². The van der Waals surface area contributed by atoms with Crippen LogP contribution in [0.4, 0.5) is 11.4 Å². The summed E-state index contributed by atoms with van der Waals surface area (Å²) in [6, 6.07) is 13.8. The van der Waals surface area contributed by atoms with Crippen molar-refractivity contribution in [3.8, 4) is 0 Å². The minimum Gasteiger partial charge on any atom is -0.480 e. The van der Waals surface area contributed by atoms with Gasteiger partial charge in [0.05, 0.1) is 26.2 Å². The maximum Gasteiger partial charge on any atom is 0.317 e. The normalized spacial score (nSPS) is 16.6. The molecule has 0 bridgehead atoms. The van der Waals surface area contributed by atoms with E-state index in [2.05, 4.69) is 16.0 Å². The monoisotopic (exact) mass is 935 g/mol. The number of carbonyl (C=O) groups is 5. The number of anilines is 2. The number of carbonyl (C=O) groups excluding carboxylic acids is 1. The molecule has 305 valence electrons. The van der Waals surface area contributed by atoms with E-state index in [4.69, 9.17) is 12.2 Å². The number of benzene rings is 2. The van der Waals surface area contributed by atoms with Crippen molar-refractivity contribution in [1.29, 1.82) is 0 Å². The second-order valence-electron chi connectivity index (χ2n) is 13.1. The van der Waals surface area contributed by atoms with E-state index in [0.717, 1.165) is 12.1 Å². The van der Waals surface area contributed by atoms with Crippen molar-refractivity contribution in [3.05, 3.63) is 59.7 Å². The van der Waals surface area contributed by atoms with Crippen LogP contribution in [-0.4, -0.2) is 185 Å². The predicted octanol–water partition coefficient (Wildman–Crippen LogP) is 0.258. The fourth-order valence-electron chi connectivity index (χ4n) is 5.85. The molecule has 1 fully saturated rings. The van der Waals surface area contributed by atoms with E-state index in [1.54, 1.807) is 43.9 Å². The van der Waals surface area contributed by atoms with Gasteiger partial charge < -0.3 is 41.3 Å². The van der Waals surface area contributed by atoms with Crippen molar-refractivity contribution >= 4 is 58.5 Å². The molecule has 0 saturated carbocycles. The molecule has 17 nitrogen and oxygen atoms in total. The Balaban J connectivity index is 0.0000101. The number of amides is 1. The second kappa shape index (κ2) is 24.1. The van der Waals surface area contributed by atoms with Crippen LogP contribution in [0.5, 0.6) is 0 Å². The number of nitrogens with one attached hydrogen (secondary N) is 3. The van der Waals surface area contributed by atoms with Gasteiger partial charge in [-0.1, -0.05) is 12.1 Å². The SMILES string of the molecule is CN(C)CCNC(=O)c1ccc(NC(=S)Nc2ccc(CC3CN(CC(=O)O)CCN(CC(=O)O)CCN(CC(=O)O)CCN3CC(=O)O)cc2)cc1.[177Lu]. The zero-order valence-electron chi connectivity index (χ0n) is 30.3. The molecule has 7 N–H and O–H groups in total. The minimum atomic E-state index is -1.08. The van der Waals surface area contributed by atoms with Crippen LogP contribution in [0, 0.1) is 36.9 Å². The van der Waals surface area contributed by atoms with Crippen LogP contribution in [-0.2, 0) is 25.6 Å². The summed E-state index contributed by atoms with van der Waals surface area (Å²) in [7, 11) is 3.86. The summed E-state index contributed by atoms with van der Waals surface area (Å²) in [4.78, 5) is 68.1. The van der Waals surface area contributed by atoms with Gasteiger partial charge in [-0.3, -0.25) is 43.6 Å². The van der Waals surface area contributed by atoms with Crippen molar-refractivity contribution in [1.82, 2.24) is 29.8 Å². The fraction of sp³-hybridized carbons (Fsp3) is 0.486. The Bertz CT molecular complexity index is 1550. The first-order valence-corrected chi connectivity index (χ1v) is 17.6. The minimum absolute atomic E-state index is 0. The molecule has 2 aromatic carbocycles. The molecule has 1 aliphatic heterocycles. The maximum absolute atomic E-state index is 12.4. The molecule has 1 atom stereocenters. The first kappa shape index (κ1) is 46.7. The summed E-state index contributed by atoms with van der Waals surface area (Å²) in [6.45, 7) is 1.44. The van der Waals surface area contributed by atoms with E-state index in [-0.39, 0.29) is 115 Å². The fourth-order valence-corrected chi connectivity index (χ4v) is 6.08. The number of nitrogens with zero attached hydrogens (tertiary/aromatic N) is 5. The molecule has 3 rings (SSSR count). The van der Waals surface area contributed by atoms with Gasteiger partial charge in [-0.25, -0.2) is 0 Å². The molecule has 1 saturated heterocycles. The van der Waals surface area contributed by atoms with Crippen molar-refractivity contribution in [2.24, 2.45) is 0 Å². The van der Waals surface area contributed by atoms with Crippen LogP contribution in [0.2, 0.25) is 0 Å². The Morgan fingerprint density at radius 1 is 0.685 bits per heavy atom. The van der Waals surface area contributed by atoms with Crippen LogP contribution in [0.1, 0.15) is 15.9 Å². The van der Waals surface area contributed by atoms with Crippen LogP contribution in [0.25, 0.3) is 0 Å². The number of aliphatic carboxylic acids is 4. The van der Waals surface area contributed by atoms with E-state index in [1.165, 1.54) is 0 Å². The van der Waals surface area contributed by atoms with Crippen LogP contribution < -0.4 is 16.0 Å². The van der Waals surface area contributed by atoms with Gasteiger partial charge in [0.25, 0.3) is 5.91 Å². The molecule has 2 aromatic rings. The van der Waals surface area contributed by atoms with Crippen molar-refractivity contribution in [3.63, 3.8) is 0 Å². The van der Waals surface area contributed by atoms with E-state index in [1.807, 2.05) is 43.3 Å². The van der Waals surface area contributed by atoms with Gasteiger partial charge >= 0.3 is 23.9 Å². The van der Waals surface area contributed by atoms with E-state index < -0.39 is 29.9 Å². The third-order valence-electron chi connectivity index (χ3n) is 8.50. The number of carboxylic acids is 4. The van der Waals surface area contributed by atoms with Crippen molar-refractivity contribution in [2.45, 2.75) is 12.5 Å². The molecule has 0 spiro atoms. The molecule has 1 aliphatic rings. The standard InChI is InChI=1S/C35H50N8O9S.Lu/c1-39(2)12-11-36-34(52)26-5-9-28(10-6-26)38-35(53)37-27-7-3-25(4-8-27)19-29-20-42(23-32(48)49)16-15-40(21-30(44)45)13-14-41(22-31(46)47)17-18-43(29)24-33(50)51;/h3-10,29H,11-24H2,1-2H3,(H,36,52)(H,44,45)(H,46,47)(H,48,49)(H,50,51)(H2,37,38,53);/i;1+2. The number of thiocarbonyl (C=S) groups is 1.